The van der Waals surface area contributed by atoms with Gasteiger partial charge in [0.05, 0.1) is 27.5 Å². The van der Waals surface area contributed by atoms with E-state index in [-0.39, 0.29) is 11.5 Å². The Hall–Kier alpha value is -2.51. The molecule has 1 saturated carbocycles. The lowest BCUT2D eigenvalue weighted by atomic mass is 9.78. The van der Waals surface area contributed by atoms with Gasteiger partial charge in [0.15, 0.2) is 0 Å². The average molecular weight is 457 g/mol. The number of aryl methyl sites for hydroxylation is 2. The Balaban J connectivity index is 1.48. The second kappa shape index (κ2) is 8.93. The van der Waals surface area contributed by atoms with Crippen molar-refractivity contribution >= 4 is 28.8 Å². The lowest BCUT2D eigenvalue weighted by Crippen LogP contribution is -2.44. The fourth-order valence-corrected chi connectivity index (χ4v) is 5.35. The van der Waals surface area contributed by atoms with Gasteiger partial charge in [0, 0.05) is 17.6 Å². The summed E-state index contributed by atoms with van der Waals surface area (Å²) in [4.78, 5) is 30.9. The highest BCUT2D eigenvalue weighted by Crippen LogP contribution is 2.41. The Labute approximate surface area is 190 Å². The van der Waals surface area contributed by atoms with Crippen LogP contribution in [-0.2, 0) is 16.8 Å². The molecule has 0 bridgehead atoms. The Bertz CT molecular complexity index is 1150. The van der Waals surface area contributed by atoms with Crippen LogP contribution in [0.15, 0.2) is 41.2 Å². The number of amides is 1. The molecule has 0 spiro atoms. The van der Waals surface area contributed by atoms with E-state index in [1.807, 2.05) is 38.1 Å². The molecule has 2 heterocycles. The predicted octanol–water partition coefficient (Wildman–Crippen LogP) is 4.27. The monoisotopic (exact) mass is 456 g/mol. The molecule has 1 amide bonds. The lowest BCUT2D eigenvalue weighted by Gasteiger charge is -2.28. The van der Waals surface area contributed by atoms with Crippen molar-refractivity contribution in [3.8, 4) is 10.6 Å². The molecule has 1 fully saturated rings. The van der Waals surface area contributed by atoms with E-state index in [0.717, 1.165) is 52.5 Å². The molecule has 6 nitrogen and oxygen atoms in total. The van der Waals surface area contributed by atoms with Crippen LogP contribution in [0, 0.1) is 13.8 Å². The highest BCUT2D eigenvalue weighted by atomic mass is 35.5. The molecule has 0 atom stereocenters. The van der Waals surface area contributed by atoms with E-state index in [0.29, 0.717) is 18.1 Å². The molecule has 4 rings (SSSR count). The molecule has 0 aliphatic heterocycles. The average Bonchev–Trinajstić information content (AvgIpc) is 3.37. The van der Waals surface area contributed by atoms with Crippen LogP contribution < -0.4 is 10.9 Å². The molecular weight excluding hydrogens is 432 g/mol. The summed E-state index contributed by atoms with van der Waals surface area (Å²) in [5, 5.41) is 9.18. The van der Waals surface area contributed by atoms with Crippen LogP contribution in [0.5, 0.6) is 0 Å². The lowest BCUT2D eigenvalue weighted by molar-refractivity contribution is -0.126. The molecule has 1 aliphatic carbocycles. The maximum absolute atomic E-state index is 13.2. The standard InChI is InChI=1S/C23H25ClN4O2S/c1-15-21(31-16(2)26-15)19-9-10-20(29)28(27-19)14-13-25-22(30)23(11-3-4-12-23)17-5-7-18(24)8-6-17/h5-10H,3-4,11-14H2,1-2H3,(H,25,30). The maximum Gasteiger partial charge on any atom is 0.266 e. The van der Waals surface area contributed by atoms with Crippen molar-refractivity contribution in [2.75, 3.05) is 6.54 Å². The summed E-state index contributed by atoms with van der Waals surface area (Å²) in [5.41, 5.74) is 1.91. The first kappa shape index (κ1) is 21.7. The van der Waals surface area contributed by atoms with Gasteiger partial charge in [-0.1, -0.05) is 36.6 Å². The van der Waals surface area contributed by atoms with Gasteiger partial charge in [0.2, 0.25) is 5.91 Å². The Kier molecular flexibility index (Phi) is 6.25. The summed E-state index contributed by atoms with van der Waals surface area (Å²) in [6.45, 7) is 4.54. The van der Waals surface area contributed by atoms with Crippen LogP contribution in [0.25, 0.3) is 10.6 Å². The predicted molar refractivity (Wildman–Crippen MR) is 124 cm³/mol. The first-order valence-electron chi connectivity index (χ1n) is 10.5. The SMILES string of the molecule is Cc1nc(C)c(-c2ccc(=O)n(CCNC(=O)C3(c4ccc(Cl)cc4)CCCC3)n2)s1. The molecular formula is C23H25ClN4O2S. The van der Waals surface area contributed by atoms with Gasteiger partial charge in [0.1, 0.15) is 5.69 Å². The van der Waals surface area contributed by atoms with E-state index < -0.39 is 5.41 Å². The van der Waals surface area contributed by atoms with Gasteiger partial charge in [-0.2, -0.15) is 5.10 Å². The van der Waals surface area contributed by atoms with E-state index in [1.54, 1.807) is 17.4 Å². The molecule has 0 radical (unpaired) electrons. The van der Waals surface area contributed by atoms with E-state index in [2.05, 4.69) is 15.4 Å². The van der Waals surface area contributed by atoms with Crippen molar-refractivity contribution in [2.45, 2.75) is 51.5 Å². The number of hydrogen-bond acceptors (Lipinski definition) is 5. The van der Waals surface area contributed by atoms with E-state index >= 15 is 0 Å². The van der Waals surface area contributed by atoms with Crippen molar-refractivity contribution in [3.63, 3.8) is 0 Å². The fourth-order valence-electron chi connectivity index (χ4n) is 4.34. The third-order valence-electron chi connectivity index (χ3n) is 5.90. The summed E-state index contributed by atoms with van der Waals surface area (Å²) in [6.07, 6.45) is 3.68. The van der Waals surface area contributed by atoms with Gasteiger partial charge in [-0.05, 0) is 50.5 Å². The first-order chi connectivity index (χ1) is 14.9. The van der Waals surface area contributed by atoms with Crippen molar-refractivity contribution in [1.82, 2.24) is 20.1 Å². The molecule has 0 unspecified atom stereocenters. The first-order valence-corrected chi connectivity index (χ1v) is 11.7. The van der Waals surface area contributed by atoms with Gasteiger partial charge in [-0.25, -0.2) is 9.67 Å². The van der Waals surface area contributed by atoms with E-state index in [1.165, 1.54) is 10.7 Å². The van der Waals surface area contributed by atoms with Crippen LogP contribution in [0.1, 0.15) is 41.9 Å². The fraction of sp³-hybridized carbons (Fsp3) is 0.391. The Morgan fingerprint density at radius 3 is 2.52 bits per heavy atom. The van der Waals surface area contributed by atoms with Gasteiger partial charge in [-0.3, -0.25) is 9.59 Å². The number of halogens is 1. The number of nitrogens with zero attached hydrogens (tertiary/aromatic N) is 3. The number of carbonyl (C=O) groups is 1. The highest BCUT2D eigenvalue weighted by Gasteiger charge is 2.42. The van der Waals surface area contributed by atoms with Crippen molar-refractivity contribution in [1.29, 1.82) is 0 Å². The van der Waals surface area contributed by atoms with Gasteiger partial charge < -0.3 is 5.32 Å². The number of rotatable bonds is 6. The molecule has 8 heteroatoms. The summed E-state index contributed by atoms with van der Waals surface area (Å²) in [5.74, 6) is 0.00505. The summed E-state index contributed by atoms with van der Waals surface area (Å²) in [6, 6.07) is 10.8. The van der Waals surface area contributed by atoms with Gasteiger partial charge in [-0.15, -0.1) is 11.3 Å². The molecule has 31 heavy (non-hydrogen) atoms. The van der Waals surface area contributed by atoms with Crippen molar-refractivity contribution < 1.29 is 4.79 Å². The van der Waals surface area contributed by atoms with Gasteiger partial charge >= 0.3 is 0 Å². The maximum atomic E-state index is 13.2. The van der Waals surface area contributed by atoms with Crippen LogP contribution >= 0.6 is 22.9 Å². The summed E-state index contributed by atoms with van der Waals surface area (Å²) >= 11 is 7.59. The third kappa shape index (κ3) is 4.43. The molecule has 162 valence electrons. The molecule has 1 N–H and O–H groups in total. The number of benzene rings is 1. The zero-order chi connectivity index (χ0) is 22.0. The highest BCUT2D eigenvalue weighted by molar-refractivity contribution is 7.15. The van der Waals surface area contributed by atoms with Crippen LogP contribution in [0.4, 0.5) is 0 Å². The number of hydrogen-bond donors (Lipinski definition) is 1. The van der Waals surface area contributed by atoms with Crippen molar-refractivity contribution in [3.05, 3.63) is 68.0 Å². The summed E-state index contributed by atoms with van der Waals surface area (Å²) in [7, 11) is 0. The summed E-state index contributed by atoms with van der Waals surface area (Å²) < 4.78 is 1.41. The largest absolute Gasteiger partial charge is 0.353 e. The minimum absolute atomic E-state index is 0.00505. The molecule has 1 aromatic carbocycles. The zero-order valence-corrected chi connectivity index (χ0v) is 19.2. The third-order valence-corrected chi connectivity index (χ3v) is 7.25. The number of carbonyl (C=O) groups excluding carboxylic acids is 1. The normalized spacial score (nSPS) is 15.2. The van der Waals surface area contributed by atoms with E-state index in [4.69, 9.17) is 11.6 Å². The zero-order valence-electron chi connectivity index (χ0n) is 17.7. The number of nitrogens with one attached hydrogen (secondary N) is 1. The van der Waals surface area contributed by atoms with E-state index in [9.17, 15) is 9.59 Å². The number of aromatic nitrogens is 3. The van der Waals surface area contributed by atoms with Crippen LogP contribution in [-0.4, -0.2) is 27.2 Å². The minimum atomic E-state index is -0.526. The van der Waals surface area contributed by atoms with Crippen LogP contribution in [0.3, 0.4) is 0 Å². The second-order valence-corrected chi connectivity index (χ2v) is 9.62. The molecule has 3 aromatic rings. The molecule has 1 aliphatic rings. The molecule has 2 aromatic heterocycles. The van der Waals surface area contributed by atoms with Crippen LogP contribution in [0.2, 0.25) is 5.02 Å². The second-order valence-electron chi connectivity index (χ2n) is 7.98. The quantitative estimate of drug-likeness (QED) is 0.601. The topological polar surface area (TPSA) is 76.9 Å². The Morgan fingerprint density at radius 2 is 1.87 bits per heavy atom. The van der Waals surface area contributed by atoms with Gasteiger partial charge in [0.25, 0.3) is 5.56 Å². The molecule has 0 saturated heterocycles. The van der Waals surface area contributed by atoms with Crippen molar-refractivity contribution in [2.24, 2.45) is 0 Å². The smallest absolute Gasteiger partial charge is 0.266 e. The number of thiazole rings is 1. The minimum Gasteiger partial charge on any atom is -0.353 e. The Morgan fingerprint density at radius 1 is 1.16 bits per heavy atom.